The molecular formula is C35H36N2O9S. The van der Waals surface area contributed by atoms with Gasteiger partial charge >= 0.3 is 5.97 Å². The van der Waals surface area contributed by atoms with Crippen LogP contribution in [-0.4, -0.2) is 52.7 Å². The number of carbonyl (C=O) groups excluding carboxylic acids is 1. The molecule has 47 heavy (non-hydrogen) atoms. The van der Waals surface area contributed by atoms with Crippen molar-refractivity contribution >= 4 is 23.4 Å². The van der Waals surface area contributed by atoms with Gasteiger partial charge in [0.2, 0.25) is 5.75 Å². The van der Waals surface area contributed by atoms with Gasteiger partial charge in [-0.15, -0.1) is 0 Å². The normalized spacial score (nSPS) is 14.2. The van der Waals surface area contributed by atoms with Crippen molar-refractivity contribution in [3.8, 4) is 34.5 Å². The van der Waals surface area contributed by atoms with E-state index in [1.807, 2.05) is 42.5 Å². The van der Waals surface area contributed by atoms with Crippen LogP contribution in [0, 0.1) is 0 Å². The van der Waals surface area contributed by atoms with Crippen LogP contribution >= 0.6 is 11.3 Å². The van der Waals surface area contributed by atoms with E-state index in [1.165, 1.54) is 37.2 Å². The molecule has 1 aliphatic heterocycles. The summed E-state index contributed by atoms with van der Waals surface area (Å²) in [5, 5.41) is 0. The fourth-order valence-electron chi connectivity index (χ4n) is 5.33. The third-order valence-electron chi connectivity index (χ3n) is 7.58. The van der Waals surface area contributed by atoms with Crippen molar-refractivity contribution in [3.05, 3.63) is 102 Å². The van der Waals surface area contributed by atoms with Crippen LogP contribution in [0.2, 0.25) is 0 Å². The molecule has 12 heteroatoms. The molecule has 0 N–H and O–H groups in total. The quantitative estimate of drug-likeness (QED) is 0.204. The average molecular weight is 661 g/mol. The minimum Gasteiger partial charge on any atom is -0.497 e. The summed E-state index contributed by atoms with van der Waals surface area (Å²) in [7, 11) is 7.73. The summed E-state index contributed by atoms with van der Waals surface area (Å²) < 4.78 is 40.8. The van der Waals surface area contributed by atoms with Crippen molar-refractivity contribution < 1.29 is 38.0 Å². The van der Waals surface area contributed by atoms with Crippen LogP contribution in [0.4, 0.5) is 0 Å². The highest BCUT2D eigenvalue weighted by molar-refractivity contribution is 7.07. The zero-order valence-corrected chi connectivity index (χ0v) is 28.1. The molecule has 1 atom stereocenters. The number of methoxy groups -OCH3 is 5. The van der Waals surface area contributed by atoms with Gasteiger partial charge in [-0.05, 0) is 73.5 Å². The highest BCUT2D eigenvalue weighted by atomic mass is 32.1. The van der Waals surface area contributed by atoms with Crippen LogP contribution < -0.4 is 43.3 Å². The minimum absolute atomic E-state index is 0.162. The fourth-order valence-corrected chi connectivity index (χ4v) is 6.38. The first kappa shape index (κ1) is 33.1. The van der Waals surface area contributed by atoms with E-state index in [2.05, 4.69) is 4.99 Å². The van der Waals surface area contributed by atoms with Crippen LogP contribution in [0.25, 0.3) is 6.08 Å². The number of aromatic nitrogens is 1. The van der Waals surface area contributed by atoms with E-state index in [-0.39, 0.29) is 24.3 Å². The Kier molecular flexibility index (Phi) is 10.2. The number of nitrogens with zero attached hydrogens (tertiary/aromatic N) is 2. The molecule has 1 aromatic heterocycles. The Morgan fingerprint density at radius 2 is 1.53 bits per heavy atom. The van der Waals surface area contributed by atoms with E-state index in [9.17, 15) is 9.59 Å². The molecule has 0 amide bonds. The van der Waals surface area contributed by atoms with Gasteiger partial charge in [-0.25, -0.2) is 9.79 Å². The Morgan fingerprint density at radius 1 is 0.872 bits per heavy atom. The summed E-state index contributed by atoms with van der Waals surface area (Å²) in [5.74, 6) is 2.64. The molecular weight excluding hydrogens is 624 g/mol. The summed E-state index contributed by atoms with van der Waals surface area (Å²) in [5.41, 5.74) is 2.58. The zero-order valence-electron chi connectivity index (χ0n) is 27.2. The Hall–Kier alpha value is -5.23. The Balaban J connectivity index is 1.53. The molecule has 3 aromatic carbocycles. The van der Waals surface area contributed by atoms with Gasteiger partial charge in [0.1, 0.15) is 23.9 Å². The number of carbonyl (C=O) groups is 1. The molecule has 2 heterocycles. The molecule has 11 nitrogen and oxygen atoms in total. The SMILES string of the molecule is CCOC(=O)C1=C(C)N=c2s/c(=C\c3ccc(OCc4cc(OC)ccc4OC)cc3)c(=O)n2[C@H]1c1cc(OC)c(OC)c(OC)c1. The zero-order chi connectivity index (χ0) is 33.7. The lowest BCUT2D eigenvalue weighted by molar-refractivity contribution is -0.139. The maximum Gasteiger partial charge on any atom is 0.338 e. The number of rotatable bonds is 12. The molecule has 0 bridgehead atoms. The largest absolute Gasteiger partial charge is 0.497 e. The first-order valence-electron chi connectivity index (χ1n) is 14.7. The standard InChI is InChI=1S/C35H36N2O9S/c1-8-45-34(39)30-20(2)36-35-37(31(30)22-17-27(42-5)32(44-7)28(18-22)43-6)33(38)29(47-35)15-21-9-11-24(12-10-21)46-19-23-16-25(40-3)13-14-26(23)41-4/h9-18,31H,8,19H2,1-7H3/b29-15-/t31-/m0/s1. The summed E-state index contributed by atoms with van der Waals surface area (Å²) in [4.78, 5) is 32.5. The van der Waals surface area contributed by atoms with E-state index < -0.39 is 12.0 Å². The number of ether oxygens (including phenoxy) is 7. The molecule has 0 spiro atoms. The van der Waals surface area contributed by atoms with Gasteiger partial charge in [-0.1, -0.05) is 23.5 Å². The van der Waals surface area contributed by atoms with Gasteiger partial charge in [0.25, 0.3) is 5.56 Å². The molecule has 0 saturated carbocycles. The molecule has 0 radical (unpaired) electrons. The predicted molar refractivity (Wildman–Crippen MR) is 177 cm³/mol. The van der Waals surface area contributed by atoms with E-state index >= 15 is 0 Å². The Bertz CT molecular complexity index is 1970. The lowest BCUT2D eigenvalue weighted by atomic mass is 9.95. The second kappa shape index (κ2) is 14.5. The first-order chi connectivity index (χ1) is 22.8. The van der Waals surface area contributed by atoms with Crippen molar-refractivity contribution in [2.75, 3.05) is 42.2 Å². The molecule has 5 rings (SSSR count). The van der Waals surface area contributed by atoms with Crippen molar-refractivity contribution in [3.63, 3.8) is 0 Å². The lowest BCUT2D eigenvalue weighted by Gasteiger charge is -2.26. The van der Waals surface area contributed by atoms with Gasteiger partial charge in [0.15, 0.2) is 16.3 Å². The molecule has 246 valence electrons. The van der Waals surface area contributed by atoms with Gasteiger partial charge in [-0.2, -0.15) is 0 Å². The third kappa shape index (κ3) is 6.68. The van der Waals surface area contributed by atoms with Crippen LogP contribution in [-0.2, 0) is 16.1 Å². The highest BCUT2D eigenvalue weighted by Gasteiger charge is 2.34. The van der Waals surface area contributed by atoms with Crippen LogP contribution in [0.5, 0.6) is 34.5 Å². The lowest BCUT2D eigenvalue weighted by Crippen LogP contribution is -2.40. The number of benzene rings is 3. The third-order valence-corrected chi connectivity index (χ3v) is 8.56. The van der Waals surface area contributed by atoms with E-state index in [0.29, 0.717) is 55.1 Å². The first-order valence-corrected chi connectivity index (χ1v) is 15.5. The number of allylic oxidation sites excluding steroid dienone is 1. The fraction of sp³-hybridized carbons (Fsp3) is 0.286. The molecule has 1 aliphatic rings. The van der Waals surface area contributed by atoms with Crippen molar-refractivity contribution in [1.29, 1.82) is 0 Å². The highest BCUT2D eigenvalue weighted by Crippen LogP contribution is 2.42. The number of hydrogen-bond donors (Lipinski definition) is 0. The summed E-state index contributed by atoms with van der Waals surface area (Å²) >= 11 is 1.23. The second-order valence-electron chi connectivity index (χ2n) is 10.3. The van der Waals surface area contributed by atoms with Gasteiger partial charge in [0, 0.05) is 5.56 Å². The van der Waals surface area contributed by atoms with Crippen LogP contribution in [0.15, 0.2) is 75.7 Å². The average Bonchev–Trinajstić information content (AvgIpc) is 3.39. The minimum atomic E-state index is -0.856. The van der Waals surface area contributed by atoms with E-state index in [1.54, 1.807) is 46.3 Å². The molecule has 4 aromatic rings. The number of fused-ring (bicyclic) bond motifs is 1. The molecule has 0 aliphatic carbocycles. The van der Waals surface area contributed by atoms with E-state index in [0.717, 1.165) is 11.1 Å². The molecule has 0 unspecified atom stereocenters. The predicted octanol–water partition coefficient (Wildman–Crippen LogP) is 4.42. The molecule has 0 saturated heterocycles. The van der Waals surface area contributed by atoms with Crippen molar-refractivity contribution in [2.45, 2.75) is 26.5 Å². The smallest absolute Gasteiger partial charge is 0.338 e. The van der Waals surface area contributed by atoms with Gasteiger partial charge in [0.05, 0.1) is 64.0 Å². The number of thiazole rings is 1. The van der Waals surface area contributed by atoms with Gasteiger partial charge in [-0.3, -0.25) is 9.36 Å². The summed E-state index contributed by atoms with van der Waals surface area (Å²) in [6.45, 7) is 3.90. The monoisotopic (exact) mass is 660 g/mol. The van der Waals surface area contributed by atoms with Crippen LogP contribution in [0.1, 0.15) is 36.6 Å². The second-order valence-corrected chi connectivity index (χ2v) is 11.3. The van der Waals surface area contributed by atoms with Crippen LogP contribution in [0.3, 0.4) is 0 Å². The number of hydrogen-bond acceptors (Lipinski definition) is 11. The van der Waals surface area contributed by atoms with Crippen molar-refractivity contribution in [1.82, 2.24) is 4.57 Å². The Labute approximate surface area is 275 Å². The maximum absolute atomic E-state index is 14.1. The molecule has 0 fully saturated rings. The summed E-state index contributed by atoms with van der Waals surface area (Å²) in [6, 6.07) is 15.5. The van der Waals surface area contributed by atoms with E-state index in [4.69, 9.17) is 33.2 Å². The number of esters is 1. The topological polar surface area (TPSA) is 116 Å². The maximum atomic E-state index is 14.1. The Morgan fingerprint density at radius 3 is 2.13 bits per heavy atom. The summed E-state index contributed by atoms with van der Waals surface area (Å²) in [6.07, 6.45) is 1.79. The van der Waals surface area contributed by atoms with Crippen molar-refractivity contribution in [2.24, 2.45) is 4.99 Å². The van der Waals surface area contributed by atoms with Gasteiger partial charge < -0.3 is 33.2 Å².